The molecule has 0 aliphatic carbocycles. The van der Waals surface area contributed by atoms with Crippen LogP contribution in [0.15, 0.2) is 30.3 Å². The number of hydrogen-bond acceptors (Lipinski definition) is 3. The molecule has 4 heteroatoms. The largest absolute Gasteiger partial charge is 0.383 e. The van der Waals surface area contributed by atoms with E-state index in [1.807, 2.05) is 30.3 Å². The zero-order valence-corrected chi connectivity index (χ0v) is 10.1. The molecule has 4 nitrogen and oxygen atoms in total. The van der Waals surface area contributed by atoms with Gasteiger partial charge in [-0.15, -0.1) is 5.10 Å². The average Bonchev–Trinajstić information content (AvgIpc) is 2.64. The van der Waals surface area contributed by atoms with Gasteiger partial charge in [0.2, 0.25) is 0 Å². The Labute approximate surface area is 101 Å². The molecule has 2 rings (SSSR count). The zero-order chi connectivity index (χ0) is 12.3. The molecular formula is C13H18N4. The van der Waals surface area contributed by atoms with Gasteiger partial charge in [-0.3, -0.25) is 0 Å². The van der Waals surface area contributed by atoms with E-state index in [1.54, 1.807) is 4.68 Å². The van der Waals surface area contributed by atoms with E-state index in [4.69, 9.17) is 11.5 Å². The summed E-state index contributed by atoms with van der Waals surface area (Å²) < 4.78 is 1.71. The minimum atomic E-state index is 0.541. The quantitative estimate of drug-likeness (QED) is 0.847. The molecule has 0 spiro atoms. The molecule has 0 aliphatic rings. The van der Waals surface area contributed by atoms with E-state index in [9.17, 15) is 0 Å². The predicted molar refractivity (Wildman–Crippen MR) is 71.0 cm³/mol. The van der Waals surface area contributed by atoms with Gasteiger partial charge in [-0.25, -0.2) is 4.68 Å². The van der Waals surface area contributed by atoms with Crippen LogP contribution in [0.25, 0.3) is 5.69 Å². The number of para-hydroxylation sites is 1. The van der Waals surface area contributed by atoms with Gasteiger partial charge in [0.15, 0.2) is 5.82 Å². The summed E-state index contributed by atoms with van der Waals surface area (Å²) in [6.07, 6.45) is 3.09. The first-order valence-electron chi connectivity index (χ1n) is 5.92. The second-order valence-corrected chi connectivity index (χ2v) is 4.10. The maximum Gasteiger partial charge on any atom is 0.151 e. The Balaban J connectivity index is 2.37. The number of unbranched alkanes of at least 4 members (excludes halogenated alkanes) is 1. The van der Waals surface area contributed by atoms with Crippen LogP contribution in [0.2, 0.25) is 0 Å². The maximum absolute atomic E-state index is 6.10. The van der Waals surface area contributed by atoms with Crippen molar-refractivity contribution in [3.8, 4) is 5.69 Å². The molecule has 0 bridgehead atoms. The lowest BCUT2D eigenvalue weighted by atomic mass is 10.1. The van der Waals surface area contributed by atoms with Gasteiger partial charge in [0.05, 0.1) is 5.69 Å². The molecule has 4 N–H and O–H groups in total. The molecule has 0 fully saturated rings. The topological polar surface area (TPSA) is 69.9 Å². The fraction of sp³-hybridized carbons (Fsp3) is 0.308. The van der Waals surface area contributed by atoms with Crippen LogP contribution in [0, 0.1) is 0 Å². The van der Waals surface area contributed by atoms with E-state index < -0.39 is 0 Å². The number of benzene rings is 1. The van der Waals surface area contributed by atoms with E-state index in [2.05, 4.69) is 12.0 Å². The summed E-state index contributed by atoms with van der Waals surface area (Å²) in [5.74, 6) is 1.20. The van der Waals surface area contributed by atoms with E-state index in [0.717, 1.165) is 30.5 Å². The molecule has 0 amide bonds. The fourth-order valence-electron chi connectivity index (χ4n) is 1.86. The second-order valence-electron chi connectivity index (χ2n) is 4.10. The van der Waals surface area contributed by atoms with Crippen LogP contribution in [0.4, 0.5) is 11.6 Å². The van der Waals surface area contributed by atoms with Gasteiger partial charge in [0.1, 0.15) is 5.82 Å². The van der Waals surface area contributed by atoms with Gasteiger partial charge >= 0.3 is 0 Å². The number of anilines is 2. The van der Waals surface area contributed by atoms with Crippen molar-refractivity contribution in [2.75, 3.05) is 11.5 Å². The molecule has 0 radical (unpaired) electrons. The average molecular weight is 230 g/mol. The van der Waals surface area contributed by atoms with Crippen LogP contribution in [0.1, 0.15) is 25.3 Å². The highest BCUT2D eigenvalue weighted by Crippen LogP contribution is 2.24. The maximum atomic E-state index is 6.10. The summed E-state index contributed by atoms with van der Waals surface area (Å²) in [4.78, 5) is 0. The van der Waals surface area contributed by atoms with E-state index >= 15 is 0 Å². The van der Waals surface area contributed by atoms with Crippen molar-refractivity contribution in [2.24, 2.45) is 0 Å². The molecule has 17 heavy (non-hydrogen) atoms. The smallest absolute Gasteiger partial charge is 0.151 e. The first-order valence-corrected chi connectivity index (χ1v) is 5.92. The standard InChI is InChI=1S/C13H18N4/c1-2-3-9-11-12(14)16-17(13(11)15)10-7-5-4-6-8-10/h4-8H,2-3,9,15H2,1H3,(H2,14,16). The van der Waals surface area contributed by atoms with Crippen LogP contribution >= 0.6 is 0 Å². The Kier molecular flexibility index (Phi) is 3.32. The Hall–Kier alpha value is -1.97. The third-order valence-electron chi connectivity index (χ3n) is 2.84. The SMILES string of the molecule is CCCCc1c(N)nn(-c2ccccc2)c1N. The monoisotopic (exact) mass is 230 g/mol. The molecule has 0 saturated heterocycles. The summed E-state index contributed by atoms with van der Waals surface area (Å²) >= 11 is 0. The summed E-state index contributed by atoms with van der Waals surface area (Å²) in [5, 5.41) is 4.30. The third-order valence-corrected chi connectivity index (χ3v) is 2.84. The van der Waals surface area contributed by atoms with Crippen molar-refractivity contribution in [1.29, 1.82) is 0 Å². The molecule has 90 valence electrons. The van der Waals surface area contributed by atoms with Crippen LogP contribution in [-0.2, 0) is 6.42 Å². The number of rotatable bonds is 4. The summed E-state index contributed by atoms with van der Waals surface area (Å²) in [6, 6.07) is 9.81. The molecular weight excluding hydrogens is 212 g/mol. The lowest BCUT2D eigenvalue weighted by molar-refractivity contribution is 0.797. The van der Waals surface area contributed by atoms with Crippen molar-refractivity contribution in [1.82, 2.24) is 9.78 Å². The van der Waals surface area contributed by atoms with Gasteiger partial charge in [-0.2, -0.15) is 0 Å². The lowest BCUT2D eigenvalue weighted by Gasteiger charge is -2.04. The van der Waals surface area contributed by atoms with Crippen molar-refractivity contribution in [3.05, 3.63) is 35.9 Å². The van der Waals surface area contributed by atoms with Crippen molar-refractivity contribution >= 4 is 11.6 Å². The number of nitrogens with zero attached hydrogens (tertiary/aromatic N) is 2. The van der Waals surface area contributed by atoms with E-state index in [1.165, 1.54) is 0 Å². The predicted octanol–water partition coefficient (Wildman–Crippen LogP) is 2.38. The highest BCUT2D eigenvalue weighted by molar-refractivity contribution is 5.58. The molecule has 1 heterocycles. The van der Waals surface area contributed by atoms with Crippen molar-refractivity contribution < 1.29 is 0 Å². The number of hydrogen-bond donors (Lipinski definition) is 2. The van der Waals surface area contributed by atoms with Gasteiger partial charge < -0.3 is 11.5 Å². The zero-order valence-electron chi connectivity index (χ0n) is 10.1. The van der Waals surface area contributed by atoms with Crippen LogP contribution in [0.5, 0.6) is 0 Å². The van der Waals surface area contributed by atoms with Gasteiger partial charge in [0.25, 0.3) is 0 Å². The lowest BCUT2D eigenvalue weighted by Crippen LogP contribution is -2.02. The summed E-state index contributed by atoms with van der Waals surface area (Å²) in [5.41, 5.74) is 13.9. The Morgan fingerprint density at radius 2 is 1.88 bits per heavy atom. The minimum Gasteiger partial charge on any atom is -0.383 e. The first kappa shape index (κ1) is 11.5. The van der Waals surface area contributed by atoms with Crippen molar-refractivity contribution in [3.63, 3.8) is 0 Å². The van der Waals surface area contributed by atoms with E-state index in [-0.39, 0.29) is 0 Å². The highest BCUT2D eigenvalue weighted by Gasteiger charge is 2.13. The van der Waals surface area contributed by atoms with Crippen LogP contribution in [-0.4, -0.2) is 9.78 Å². The summed E-state index contributed by atoms with van der Waals surface area (Å²) in [7, 11) is 0. The first-order chi connectivity index (χ1) is 8.24. The number of aromatic nitrogens is 2. The number of nitrogens with two attached hydrogens (primary N) is 2. The van der Waals surface area contributed by atoms with Crippen LogP contribution in [0.3, 0.4) is 0 Å². The molecule has 1 aromatic heterocycles. The highest BCUT2D eigenvalue weighted by atomic mass is 15.3. The molecule has 2 aromatic rings. The molecule has 1 aromatic carbocycles. The van der Waals surface area contributed by atoms with Gasteiger partial charge in [-0.05, 0) is 25.0 Å². The molecule has 0 atom stereocenters. The van der Waals surface area contributed by atoms with Gasteiger partial charge in [0, 0.05) is 5.56 Å². The number of nitrogen functional groups attached to an aromatic ring is 2. The molecule has 0 aliphatic heterocycles. The normalized spacial score (nSPS) is 10.6. The second kappa shape index (κ2) is 4.91. The Morgan fingerprint density at radius 1 is 1.18 bits per heavy atom. The van der Waals surface area contributed by atoms with Gasteiger partial charge in [-0.1, -0.05) is 31.5 Å². The minimum absolute atomic E-state index is 0.541. The molecule has 0 saturated carbocycles. The van der Waals surface area contributed by atoms with E-state index in [0.29, 0.717) is 11.6 Å². The summed E-state index contributed by atoms with van der Waals surface area (Å²) in [6.45, 7) is 2.15. The third kappa shape index (κ3) is 2.25. The Bertz CT molecular complexity index is 488. The van der Waals surface area contributed by atoms with Crippen LogP contribution < -0.4 is 11.5 Å². The Morgan fingerprint density at radius 3 is 2.53 bits per heavy atom. The fourth-order valence-corrected chi connectivity index (χ4v) is 1.86. The molecule has 0 unspecified atom stereocenters. The van der Waals surface area contributed by atoms with Crippen molar-refractivity contribution in [2.45, 2.75) is 26.2 Å².